The van der Waals surface area contributed by atoms with Gasteiger partial charge in [-0.3, -0.25) is 0 Å². The number of fused-ring (bicyclic) bond motifs is 1. The van der Waals surface area contributed by atoms with Gasteiger partial charge in [0.05, 0.1) is 11.2 Å². The van der Waals surface area contributed by atoms with Crippen molar-refractivity contribution in [2.75, 3.05) is 6.54 Å². The largest absolute Gasteiger partial charge is 0.423 e. The maximum Gasteiger partial charge on any atom is 0.343 e. The number of piperidine rings is 1. The summed E-state index contributed by atoms with van der Waals surface area (Å²) in [6.45, 7) is 0.931. The van der Waals surface area contributed by atoms with Crippen molar-refractivity contribution in [1.82, 2.24) is 5.32 Å². The highest BCUT2D eigenvalue weighted by molar-refractivity contribution is 5.91. The quantitative estimate of drug-likeness (QED) is 0.634. The molecule has 4 nitrogen and oxygen atoms in total. The molecule has 1 unspecified atom stereocenters. The molecule has 2 aromatic rings. The van der Waals surface area contributed by atoms with Gasteiger partial charge in [0.2, 0.25) is 0 Å². The lowest BCUT2D eigenvalue weighted by Gasteiger charge is -2.61. The highest BCUT2D eigenvalue weighted by atomic mass is 16.5. The van der Waals surface area contributed by atoms with Crippen LogP contribution in [0.25, 0.3) is 0 Å². The zero-order valence-electron chi connectivity index (χ0n) is 15.4. The smallest absolute Gasteiger partial charge is 0.343 e. The minimum absolute atomic E-state index is 0.122. The molecule has 0 radical (unpaired) electrons. The van der Waals surface area contributed by atoms with Crippen molar-refractivity contribution in [3.8, 4) is 5.75 Å². The van der Waals surface area contributed by atoms with Gasteiger partial charge in [0.1, 0.15) is 5.75 Å². The van der Waals surface area contributed by atoms with Crippen molar-refractivity contribution < 1.29 is 14.6 Å². The van der Waals surface area contributed by atoms with E-state index in [4.69, 9.17) is 4.74 Å². The highest BCUT2D eigenvalue weighted by Crippen LogP contribution is 2.56. The number of esters is 1. The molecule has 2 aromatic carbocycles. The maximum atomic E-state index is 12.5. The summed E-state index contributed by atoms with van der Waals surface area (Å²) < 4.78 is 5.68. The predicted molar refractivity (Wildman–Crippen MR) is 103 cm³/mol. The summed E-state index contributed by atoms with van der Waals surface area (Å²) in [4.78, 5) is 12.5. The van der Waals surface area contributed by atoms with Gasteiger partial charge in [-0.25, -0.2) is 4.79 Å². The van der Waals surface area contributed by atoms with Gasteiger partial charge in [0, 0.05) is 11.5 Å². The summed E-state index contributed by atoms with van der Waals surface area (Å²) >= 11 is 0. The van der Waals surface area contributed by atoms with Crippen LogP contribution >= 0.6 is 0 Å². The molecule has 140 valence electrons. The lowest BCUT2D eigenvalue weighted by Crippen LogP contribution is -2.71. The highest BCUT2D eigenvalue weighted by Gasteiger charge is 2.61. The molecule has 4 heteroatoms. The Morgan fingerprint density at radius 1 is 1.07 bits per heavy atom. The number of benzene rings is 2. The zero-order valence-corrected chi connectivity index (χ0v) is 15.4. The molecule has 2 fully saturated rings. The van der Waals surface area contributed by atoms with Crippen LogP contribution in [0.1, 0.15) is 53.6 Å². The van der Waals surface area contributed by atoms with Crippen molar-refractivity contribution in [1.29, 1.82) is 0 Å². The molecule has 0 spiro atoms. The SMILES string of the molecule is O=C(Oc1ccc2c(c1)[C@@]13CCCC[C@@]1(O)C(C2)NCC3)c1ccccc1. The van der Waals surface area contributed by atoms with E-state index < -0.39 is 5.60 Å². The lowest BCUT2D eigenvalue weighted by molar-refractivity contribution is -0.124. The summed E-state index contributed by atoms with van der Waals surface area (Å²) in [5.41, 5.74) is 2.10. The Bertz CT molecular complexity index is 876. The van der Waals surface area contributed by atoms with Gasteiger partial charge in [-0.1, -0.05) is 37.1 Å². The maximum absolute atomic E-state index is 12.5. The van der Waals surface area contributed by atoms with Crippen molar-refractivity contribution in [2.24, 2.45) is 0 Å². The fourth-order valence-corrected chi connectivity index (χ4v) is 5.70. The van der Waals surface area contributed by atoms with E-state index in [1.165, 1.54) is 11.1 Å². The molecule has 2 N–H and O–H groups in total. The zero-order chi connectivity index (χ0) is 18.5. The second-order valence-electron chi connectivity index (χ2n) is 8.25. The van der Waals surface area contributed by atoms with Gasteiger partial charge < -0.3 is 15.2 Å². The molecule has 0 aromatic heterocycles. The fraction of sp³-hybridized carbons (Fsp3) is 0.435. The molecular weight excluding hydrogens is 338 g/mol. The monoisotopic (exact) mass is 363 g/mol. The molecule has 1 aliphatic heterocycles. The first-order valence-corrected chi connectivity index (χ1v) is 9.99. The number of aliphatic hydroxyl groups is 1. The van der Waals surface area contributed by atoms with Crippen LogP contribution in [0.4, 0.5) is 0 Å². The van der Waals surface area contributed by atoms with Crippen LogP contribution in [-0.4, -0.2) is 29.3 Å². The number of hydrogen-bond acceptors (Lipinski definition) is 4. The van der Waals surface area contributed by atoms with Gasteiger partial charge in [-0.2, -0.15) is 0 Å². The van der Waals surface area contributed by atoms with E-state index in [2.05, 4.69) is 11.4 Å². The Hall–Kier alpha value is -2.17. The molecule has 1 saturated heterocycles. The van der Waals surface area contributed by atoms with Gasteiger partial charge in [-0.05, 0) is 67.6 Å². The van der Waals surface area contributed by atoms with E-state index >= 15 is 0 Å². The van der Waals surface area contributed by atoms with Crippen LogP contribution in [0.15, 0.2) is 48.5 Å². The molecule has 3 aliphatic rings. The normalized spacial score (nSPS) is 31.5. The predicted octanol–water partition coefficient (Wildman–Crippen LogP) is 3.37. The minimum atomic E-state index is -0.696. The number of carbonyl (C=O) groups is 1. The Labute approximate surface area is 159 Å². The molecule has 0 amide bonds. The van der Waals surface area contributed by atoms with Crippen LogP contribution in [0, 0.1) is 0 Å². The van der Waals surface area contributed by atoms with Crippen molar-refractivity contribution >= 4 is 5.97 Å². The minimum Gasteiger partial charge on any atom is -0.423 e. The topological polar surface area (TPSA) is 58.6 Å². The first-order chi connectivity index (χ1) is 13.1. The lowest BCUT2D eigenvalue weighted by atomic mass is 9.50. The molecule has 5 rings (SSSR count). The molecular formula is C23H25NO3. The number of rotatable bonds is 2. The first-order valence-electron chi connectivity index (χ1n) is 9.99. The van der Waals surface area contributed by atoms with Gasteiger partial charge in [0.15, 0.2) is 0 Å². The first kappa shape index (κ1) is 17.0. The Morgan fingerprint density at radius 3 is 2.74 bits per heavy atom. The van der Waals surface area contributed by atoms with E-state index in [-0.39, 0.29) is 17.4 Å². The van der Waals surface area contributed by atoms with Crippen LogP contribution in [0.2, 0.25) is 0 Å². The van der Waals surface area contributed by atoms with Crippen LogP contribution in [0.3, 0.4) is 0 Å². The van der Waals surface area contributed by atoms with E-state index in [0.29, 0.717) is 11.3 Å². The summed E-state index contributed by atoms with van der Waals surface area (Å²) in [6, 6.07) is 15.2. The third-order valence-corrected chi connectivity index (χ3v) is 7.00. The van der Waals surface area contributed by atoms with E-state index in [1.807, 2.05) is 30.3 Å². The Morgan fingerprint density at radius 2 is 1.89 bits per heavy atom. The third-order valence-electron chi connectivity index (χ3n) is 7.00. The summed E-state index contributed by atoms with van der Waals surface area (Å²) in [5, 5.41) is 15.2. The van der Waals surface area contributed by atoms with E-state index in [1.54, 1.807) is 12.1 Å². The van der Waals surface area contributed by atoms with Crippen molar-refractivity contribution in [2.45, 2.75) is 55.6 Å². The molecule has 1 saturated carbocycles. The summed E-state index contributed by atoms with van der Waals surface area (Å²) in [5.74, 6) is 0.229. The van der Waals surface area contributed by atoms with Crippen molar-refractivity contribution in [3.05, 3.63) is 65.2 Å². The Balaban J connectivity index is 1.53. The molecule has 3 atom stereocenters. The van der Waals surface area contributed by atoms with Gasteiger partial charge in [0.25, 0.3) is 0 Å². The van der Waals surface area contributed by atoms with Crippen LogP contribution < -0.4 is 10.1 Å². The van der Waals surface area contributed by atoms with Gasteiger partial charge >= 0.3 is 5.97 Å². The molecule has 1 heterocycles. The van der Waals surface area contributed by atoms with Crippen LogP contribution in [0.5, 0.6) is 5.75 Å². The summed E-state index contributed by atoms with van der Waals surface area (Å²) in [7, 11) is 0. The number of ether oxygens (including phenoxy) is 1. The molecule has 27 heavy (non-hydrogen) atoms. The standard InChI is InChI=1S/C23H25NO3/c25-21(16-6-2-1-3-7-16)27-18-9-8-17-14-20-23(26)11-5-4-10-22(23,12-13-24-20)19(17)15-18/h1-3,6-9,15,20,24,26H,4-5,10-14H2/t20?,22-,23+/m0/s1. The van der Waals surface area contributed by atoms with E-state index in [0.717, 1.165) is 45.1 Å². The second-order valence-corrected chi connectivity index (χ2v) is 8.25. The Kier molecular flexibility index (Phi) is 3.88. The number of hydrogen-bond donors (Lipinski definition) is 2. The molecule has 2 bridgehead atoms. The number of nitrogens with one attached hydrogen (secondary N) is 1. The van der Waals surface area contributed by atoms with Crippen LogP contribution in [-0.2, 0) is 11.8 Å². The van der Waals surface area contributed by atoms with Crippen molar-refractivity contribution in [3.63, 3.8) is 0 Å². The number of carbonyl (C=O) groups excluding carboxylic acids is 1. The van der Waals surface area contributed by atoms with Gasteiger partial charge in [-0.15, -0.1) is 0 Å². The summed E-state index contributed by atoms with van der Waals surface area (Å²) in [6.07, 6.45) is 5.84. The average molecular weight is 363 g/mol. The molecule has 2 aliphatic carbocycles. The second kappa shape index (κ2) is 6.18. The third kappa shape index (κ3) is 2.47. The fourth-order valence-electron chi connectivity index (χ4n) is 5.70. The average Bonchev–Trinajstić information content (AvgIpc) is 2.69. The van der Waals surface area contributed by atoms with E-state index in [9.17, 15) is 9.90 Å².